The number of hydrogen-bond acceptors (Lipinski definition) is 3. The van der Waals surface area contributed by atoms with Crippen molar-refractivity contribution in [1.29, 1.82) is 0 Å². The molecule has 0 aromatic heterocycles. The summed E-state index contributed by atoms with van der Waals surface area (Å²) >= 11 is 0. The molecule has 46 heavy (non-hydrogen) atoms. The van der Waals surface area contributed by atoms with Crippen LogP contribution in [0.3, 0.4) is 0 Å². The summed E-state index contributed by atoms with van der Waals surface area (Å²) in [7, 11) is 12.4. The summed E-state index contributed by atoms with van der Waals surface area (Å²) in [5.41, 5.74) is 1.33. The van der Waals surface area contributed by atoms with E-state index < -0.39 is 0 Å². The number of rotatable bonds is 21. The Morgan fingerprint density at radius 3 is 1.39 bits per heavy atom. The minimum atomic E-state index is 0. The monoisotopic (exact) mass is 728 g/mol. The SMILES string of the molecule is C=CCN(CC=C)C(C)c1ccccc1.C=CC[N+](C)(C)CC=C.CCCCCCCCCCCCN(C)C.CNC.Cl.Cl.Cl.[Cl-]. The summed E-state index contributed by atoms with van der Waals surface area (Å²) in [6.07, 6.45) is 22.1. The number of halogens is 4. The van der Waals surface area contributed by atoms with Gasteiger partial charge in [0, 0.05) is 19.1 Å². The highest BCUT2D eigenvalue weighted by atomic mass is 35.5. The maximum Gasteiger partial charge on any atom is 0.0969 e. The fourth-order valence-electron chi connectivity index (χ4n) is 4.35. The molecule has 8 heteroatoms. The van der Waals surface area contributed by atoms with Crippen molar-refractivity contribution in [3.63, 3.8) is 0 Å². The summed E-state index contributed by atoms with van der Waals surface area (Å²) in [5.74, 6) is 0. The largest absolute Gasteiger partial charge is 1.00 e. The first-order chi connectivity index (χ1) is 20.1. The average Bonchev–Trinajstić information content (AvgIpc) is 2.95. The fourth-order valence-corrected chi connectivity index (χ4v) is 4.35. The van der Waals surface area contributed by atoms with E-state index in [0.29, 0.717) is 6.04 Å². The average molecular weight is 731 g/mol. The summed E-state index contributed by atoms with van der Waals surface area (Å²) in [6, 6.07) is 10.9. The first-order valence-electron chi connectivity index (χ1n) is 16.4. The second-order valence-electron chi connectivity index (χ2n) is 12.0. The maximum absolute atomic E-state index is 3.78. The van der Waals surface area contributed by atoms with Gasteiger partial charge in [-0.3, -0.25) is 4.90 Å². The molecule has 0 bridgehead atoms. The Labute approximate surface area is 313 Å². The van der Waals surface area contributed by atoms with Crippen molar-refractivity contribution in [2.24, 2.45) is 0 Å². The van der Waals surface area contributed by atoms with Crippen molar-refractivity contribution in [2.45, 2.75) is 84.1 Å². The molecule has 0 aliphatic carbocycles. The van der Waals surface area contributed by atoms with E-state index in [1.165, 1.54) is 76.3 Å². The van der Waals surface area contributed by atoms with Crippen molar-refractivity contribution < 1.29 is 16.9 Å². The normalized spacial score (nSPS) is 10.2. The van der Waals surface area contributed by atoms with E-state index in [9.17, 15) is 0 Å². The summed E-state index contributed by atoms with van der Waals surface area (Å²) in [4.78, 5) is 4.61. The van der Waals surface area contributed by atoms with Gasteiger partial charge in [0.2, 0.25) is 0 Å². The van der Waals surface area contributed by atoms with Gasteiger partial charge in [-0.15, -0.1) is 50.4 Å². The van der Waals surface area contributed by atoms with Gasteiger partial charge in [0.1, 0.15) is 0 Å². The predicted octanol–water partition coefficient (Wildman–Crippen LogP) is 7.43. The Morgan fingerprint density at radius 2 is 1.07 bits per heavy atom. The minimum absolute atomic E-state index is 0. The van der Waals surface area contributed by atoms with Crippen LogP contribution >= 0.6 is 37.2 Å². The molecule has 1 aromatic rings. The van der Waals surface area contributed by atoms with Crippen molar-refractivity contribution >= 4 is 37.2 Å². The van der Waals surface area contributed by atoms with Gasteiger partial charge in [0.15, 0.2) is 0 Å². The number of quaternary nitrogens is 1. The highest BCUT2D eigenvalue weighted by molar-refractivity contribution is 5.86. The van der Waals surface area contributed by atoms with E-state index in [-0.39, 0.29) is 49.6 Å². The van der Waals surface area contributed by atoms with Crippen LogP contribution in [0.4, 0.5) is 0 Å². The molecule has 0 spiro atoms. The molecule has 1 aromatic carbocycles. The highest BCUT2D eigenvalue weighted by Gasteiger charge is 2.12. The molecule has 0 aliphatic heterocycles. The van der Waals surface area contributed by atoms with E-state index in [4.69, 9.17) is 0 Å². The van der Waals surface area contributed by atoms with Crippen molar-refractivity contribution in [2.75, 3.05) is 75.0 Å². The molecule has 1 N–H and O–H groups in total. The molecule has 0 radical (unpaired) electrons. The van der Waals surface area contributed by atoms with Crippen molar-refractivity contribution in [3.05, 3.63) is 86.5 Å². The zero-order chi connectivity index (χ0) is 32.5. The van der Waals surface area contributed by atoms with Crippen molar-refractivity contribution in [1.82, 2.24) is 15.1 Å². The number of unbranched alkanes of at least 4 members (excludes halogenated alkanes) is 9. The standard InChI is InChI=1S/C14H19N.C14H31N.C8H16N.C2H7N.4ClH/c1-4-11-15(12-5-2)13(3)14-9-7-6-8-10-14;1-4-5-6-7-8-9-10-11-12-13-14-15(2)3;1-5-7-9(3,4)8-6-2;1-3-2;;;;/h4-10,13H,1-2,11-12H2,3H3;4-14H2,1-3H3;5-6H,1-2,7-8H2,3-4H3;3H,1-2H3;4*1H/q;;+1;;;;;/p-1. The third kappa shape index (κ3) is 45.3. The van der Waals surface area contributed by atoms with E-state index in [1.807, 2.05) is 44.5 Å². The number of nitrogens with zero attached hydrogens (tertiary/aromatic N) is 3. The topological polar surface area (TPSA) is 18.5 Å². The number of likely N-dealkylation sites (N-methyl/N-ethyl adjacent to an activating group) is 1. The molecule has 0 aliphatic rings. The molecule has 0 amide bonds. The Morgan fingerprint density at radius 1 is 0.696 bits per heavy atom. The van der Waals surface area contributed by atoms with E-state index >= 15 is 0 Å². The Bertz CT molecular complexity index is 709. The number of hydrogen-bond donors (Lipinski definition) is 1. The zero-order valence-corrected chi connectivity index (χ0v) is 34.4. The smallest absolute Gasteiger partial charge is 0.0969 e. The maximum atomic E-state index is 3.78. The van der Waals surface area contributed by atoms with E-state index in [2.05, 4.69) is 108 Å². The summed E-state index contributed by atoms with van der Waals surface area (Å²) in [5, 5.41) is 2.75. The number of benzene rings is 1. The fraction of sp³-hybridized carbons (Fsp3) is 0.632. The molecule has 276 valence electrons. The van der Waals surface area contributed by atoms with Crippen LogP contribution in [0.1, 0.15) is 89.7 Å². The molecule has 1 atom stereocenters. The zero-order valence-electron chi connectivity index (χ0n) is 31.2. The van der Waals surface area contributed by atoms with Crippen LogP contribution in [-0.2, 0) is 0 Å². The van der Waals surface area contributed by atoms with Gasteiger partial charge in [-0.1, -0.05) is 120 Å². The van der Waals surface area contributed by atoms with Crippen LogP contribution in [0.2, 0.25) is 0 Å². The van der Waals surface area contributed by atoms with Gasteiger partial charge in [-0.25, -0.2) is 0 Å². The molecular formula is C38H76Cl4N4. The first-order valence-corrected chi connectivity index (χ1v) is 16.4. The minimum Gasteiger partial charge on any atom is -1.00 e. The third-order valence-electron chi connectivity index (χ3n) is 6.76. The highest BCUT2D eigenvalue weighted by Crippen LogP contribution is 2.19. The van der Waals surface area contributed by atoms with Crippen LogP contribution in [-0.4, -0.2) is 89.3 Å². The summed E-state index contributed by atoms with van der Waals surface area (Å²) < 4.78 is 0.951. The van der Waals surface area contributed by atoms with E-state index in [1.54, 1.807) is 0 Å². The second kappa shape index (κ2) is 46.3. The molecule has 1 rings (SSSR count). The molecule has 0 heterocycles. The van der Waals surface area contributed by atoms with Crippen LogP contribution in [0, 0.1) is 0 Å². The van der Waals surface area contributed by atoms with Gasteiger partial charge in [-0.2, -0.15) is 0 Å². The lowest BCUT2D eigenvalue weighted by molar-refractivity contribution is -0.878. The van der Waals surface area contributed by atoms with E-state index in [0.717, 1.165) is 30.7 Å². The molecular weight excluding hydrogens is 654 g/mol. The lowest BCUT2D eigenvalue weighted by Gasteiger charge is -2.27. The quantitative estimate of drug-likeness (QED) is 0.0807. The Kier molecular flexibility index (Phi) is 60.9. The molecule has 1 unspecified atom stereocenters. The molecule has 0 saturated carbocycles. The molecule has 0 fully saturated rings. The third-order valence-corrected chi connectivity index (χ3v) is 6.76. The second-order valence-corrected chi connectivity index (χ2v) is 12.0. The van der Waals surface area contributed by atoms with Crippen LogP contribution in [0.5, 0.6) is 0 Å². The summed E-state index contributed by atoms with van der Waals surface area (Å²) in [6.45, 7) is 24.5. The molecule has 0 saturated heterocycles. The predicted molar refractivity (Wildman–Crippen MR) is 216 cm³/mol. The Hall–Kier alpha value is -0.820. The van der Waals surface area contributed by atoms with Crippen LogP contribution in [0.15, 0.2) is 81.0 Å². The van der Waals surface area contributed by atoms with Gasteiger partial charge in [0.25, 0.3) is 0 Å². The van der Waals surface area contributed by atoms with Gasteiger partial charge >= 0.3 is 0 Å². The Balaban J connectivity index is -0.0000000935. The van der Waals surface area contributed by atoms with Gasteiger partial charge in [0.05, 0.1) is 27.2 Å². The molecule has 4 nitrogen and oxygen atoms in total. The van der Waals surface area contributed by atoms with Crippen LogP contribution in [0.25, 0.3) is 0 Å². The first kappa shape index (κ1) is 60.5. The van der Waals surface area contributed by atoms with Gasteiger partial charge < -0.3 is 27.1 Å². The van der Waals surface area contributed by atoms with Crippen molar-refractivity contribution in [3.8, 4) is 0 Å². The lowest BCUT2D eigenvalue weighted by atomic mass is 10.1. The van der Waals surface area contributed by atoms with Gasteiger partial charge in [-0.05, 0) is 65.8 Å². The number of nitrogens with one attached hydrogen (secondary N) is 1. The van der Waals surface area contributed by atoms with Crippen LogP contribution < -0.4 is 17.7 Å². The lowest BCUT2D eigenvalue weighted by Crippen LogP contribution is -3.00.